The van der Waals surface area contributed by atoms with Crippen molar-refractivity contribution in [3.8, 4) is 0 Å². The van der Waals surface area contributed by atoms with Gasteiger partial charge in [-0.25, -0.2) is 13.1 Å². The molecule has 0 atom stereocenters. The number of hydrogen-bond donors (Lipinski definition) is 3. The van der Waals surface area contributed by atoms with Crippen LogP contribution in [0.15, 0.2) is 47.4 Å². The molecule has 0 aliphatic heterocycles. The Morgan fingerprint density at radius 3 is 2.27 bits per heavy atom. The van der Waals surface area contributed by atoms with Gasteiger partial charge in [0.15, 0.2) is 0 Å². The molecule has 0 saturated heterocycles. The Kier molecular flexibility index (Phi) is 8.81. The van der Waals surface area contributed by atoms with Crippen LogP contribution in [0.3, 0.4) is 0 Å². The van der Waals surface area contributed by atoms with Crippen LogP contribution in [0.2, 0.25) is 0 Å². The second-order valence-corrected chi connectivity index (χ2v) is 11.9. The average molecular weight is 526 g/mol. The molecule has 1 aromatic heterocycles. The standard InChI is InChI=1S/C27H39N7O2S/c1-5-34(4)27-32-25(31-26(33-27)30-19(2)3)28-17-20-13-15-21(16-14-20)18-29-37(35,36)24-12-8-10-22-9-6-7-11-23(22)24/h6-12,19-21,29H,5,13-18H2,1-4H3,(H2,28,30,31,32,33). The molecule has 0 amide bonds. The molecule has 1 heterocycles. The number of benzene rings is 2. The first kappa shape index (κ1) is 27.1. The number of rotatable bonds is 11. The fraction of sp³-hybridized carbons (Fsp3) is 0.519. The molecule has 1 fully saturated rings. The summed E-state index contributed by atoms with van der Waals surface area (Å²) in [7, 11) is -1.60. The van der Waals surface area contributed by atoms with Crippen LogP contribution in [0.5, 0.6) is 0 Å². The highest BCUT2D eigenvalue weighted by molar-refractivity contribution is 7.89. The van der Waals surface area contributed by atoms with Crippen molar-refractivity contribution in [1.82, 2.24) is 19.7 Å². The Bertz CT molecular complexity index is 1290. The van der Waals surface area contributed by atoms with E-state index in [1.807, 2.05) is 42.3 Å². The van der Waals surface area contributed by atoms with Crippen LogP contribution in [0, 0.1) is 11.8 Å². The largest absolute Gasteiger partial charge is 0.354 e. The summed E-state index contributed by atoms with van der Waals surface area (Å²) in [6, 6.07) is 13.2. The maximum absolute atomic E-state index is 13.1. The lowest BCUT2D eigenvalue weighted by molar-refractivity contribution is 0.284. The highest BCUT2D eigenvalue weighted by atomic mass is 32.2. The van der Waals surface area contributed by atoms with Crippen molar-refractivity contribution >= 4 is 38.6 Å². The van der Waals surface area contributed by atoms with E-state index < -0.39 is 10.0 Å². The topological polar surface area (TPSA) is 112 Å². The van der Waals surface area contributed by atoms with Crippen LogP contribution in [-0.4, -0.2) is 56.1 Å². The SMILES string of the molecule is CCN(C)c1nc(NCC2CCC(CNS(=O)(=O)c3cccc4ccccc34)CC2)nc(NC(C)C)n1. The summed E-state index contributed by atoms with van der Waals surface area (Å²) in [5, 5.41) is 8.37. The van der Waals surface area contributed by atoms with Crippen molar-refractivity contribution in [2.24, 2.45) is 11.8 Å². The van der Waals surface area contributed by atoms with Crippen molar-refractivity contribution in [1.29, 1.82) is 0 Å². The number of anilines is 3. The average Bonchev–Trinajstić information content (AvgIpc) is 2.90. The maximum atomic E-state index is 13.1. The van der Waals surface area contributed by atoms with Gasteiger partial charge in [0.2, 0.25) is 27.9 Å². The predicted octanol–water partition coefficient (Wildman–Crippen LogP) is 4.50. The molecule has 1 saturated carbocycles. The zero-order chi connectivity index (χ0) is 26.4. The van der Waals surface area contributed by atoms with Crippen molar-refractivity contribution in [3.05, 3.63) is 42.5 Å². The van der Waals surface area contributed by atoms with Crippen molar-refractivity contribution in [3.63, 3.8) is 0 Å². The smallest absolute Gasteiger partial charge is 0.241 e. The Labute approximate surface area is 220 Å². The molecule has 3 aromatic rings. The van der Waals surface area contributed by atoms with Gasteiger partial charge >= 0.3 is 0 Å². The number of hydrogen-bond acceptors (Lipinski definition) is 8. The minimum Gasteiger partial charge on any atom is -0.354 e. The Hall–Kier alpha value is -2.98. The van der Waals surface area contributed by atoms with Crippen molar-refractivity contribution in [2.75, 3.05) is 42.2 Å². The highest BCUT2D eigenvalue weighted by Gasteiger charge is 2.24. The molecule has 1 aliphatic rings. The summed E-state index contributed by atoms with van der Waals surface area (Å²) >= 11 is 0. The van der Waals surface area contributed by atoms with E-state index in [4.69, 9.17) is 0 Å². The van der Waals surface area contributed by atoms with Gasteiger partial charge < -0.3 is 15.5 Å². The molecule has 37 heavy (non-hydrogen) atoms. The summed E-state index contributed by atoms with van der Waals surface area (Å²) in [5.41, 5.74) is 0. The number of nitrogens with zero attached hydrogens (tertiary/aromatic N) is 4. The Morgan fingerprint density at radius 1 is 0.919 bits per heavy atom. The van der Waals surface area contributed by atoms with Crippen LogP contribution >= 0.6 is 0 Å². The summed E-state index contributed by atoms with van der Waals surface area (Å²) in [6.45, 7) is 8.23. The second kappa shape index (κ2) is 12.0. The molecule has 10 heteroatoms. The molecule has 4 rings (SSSR count). The van der Waals surface area contributed by atoms with Gasteiger partial charge in [0.1, 0.15) is 0 Å². The molecule has 0 spiro atoms. The molecular formula is C27H39N7O2S. The van der Waals surface area contributed by atoms with Gasteiger partial charge in [-0.1, -0.05) is 36.4 Å². The third-order valence-electron chi connectivity index (χ3n) is 6.97. The molecule has 3 N–H and O–H groups in total. The maximum Gasteiger partial charge on any atom is 0.241 e. The van der Waals surface area contributed by atoms with Crippen molar-refractivity contribution < 1.29 is 8.42 Å². The van der Waals surface area contributed by atoms with Crippen LogP contribution in [0.4, 0.5) is 17.8 Å². The quantitative estimate of drug-likeness (QED) is 0.336. The first-order valence-corrected chi connectivity index (χ1v) is 14.7. The first-order chi connectivity index (χ1) is 17.7. The zero-order valence-corrected chi connectivity index (χ0v) is 23.1. The van der Waals surface area contributed by atoms with E-state index in [-0.39, 0.29) is 6.04 Å². The summed E-state index contributed by atoms with van der Waals surface area (Å²) in [4.78, 5) is 16.0. The fourth-order valence-electron chi connectivity index (χ4n) is 4.69. The molecule has 0 radical (unpaired) electrons. The molecule has 9 nitrogen and oxygen atoms in total. The Morgan fingerprint density at radius 2 is 1.57 bits per heavy atom. The molecule has 200 valence electrons. The van der Waals surface area contributed by atoms with Crippen LogP contribution < -0.4 is 20.3 Å². The monoisotopic (exact) mass is 525 g/mol. The summed E-state index contributed by atoms with van der Waals surface area (Å²) < 4.78 is 29.0. The van der Waals surface area contributed by atoms with E-state index in [9.17, 15) is 8.42 Å². The van der Waals surface area contributed by atoms with Gasteiger partial charge in [-0.15, -0.1) is 0 Å². The number of nitrogens with one attached hydrogen (secondary N) is 3. The minimum absolute atomic E-state index is 0.225. The van der Waals surface area contributed by atoms with Crippen LogP contribution in [-0.2, 0) is 10.0 Å². The van der Waals surface area contributed by atoms with Crippen LogP contribution in [0.1, 0.15) is 46.5 Å². The number of fused-ring (bicyclic) bond motifs is 1. The number of aromatic nitrogens is 3. The second-order valence-electron chi connectivity index (χ2n) is 10.2. The number of sulfonamides is 1. The third-order valence-corrected chi connectivity index (χ3v) is 8.46. The van der Waals surface area contributed by atoms with E-state index in [1.165, 1.54) is 0 Å². The first-order valence-electron chi connectivity index (χ1n) is 13.2. The van der Waals surface area contributed by atoms with Gasteiger partial charge in [-0.2, -0.15) is 15.0 Å². The summed E-state index contributed by atoms with van der Waals surface area (Å²) in [6.07, 6.45) is 4.06. The summed E-state index contributed by atoms with van der Waals surface area (Å²) in [5.74, 6) is 2.63. The van der Waals surface area contributed by atoms with Gasteiger partial charge in [0.25, 0.3) is 0 Å². The Balaban J connectivity index is 1.30. The van der Waals surface area contributed by atoms with E-state index in [0.29, 0.717) is 41.1 Å². The normalized spacial score (nSPS) is 18.2. The minimum atomic E-state index is -3.57. The molecule has 0 unspecified atom stereocenters. The van der Waals surface area contributed by atoms with Crippen molar-refractivity contribution in [2.45, 2.75) is 57.4 Å². The van der Waals surface area contributed by atoms with E-state index >= 15 is 0 Å². The van der Waals surface area contributed by atoms with Gasteiger partial charge in [0, 0.05) is 38.1 Å². The van der Waals surface area contributed by atoms with Gasteiger partial charge in [-0.05, 0) is 69.7 Å². The third kappa shape index (κ3) is 7.07. The lowest BCUT2D eigenvalue weighted by Gasteiger charge is -2.29. The van der Waals surface area contributed by atoms with Gasteiger partial charge in [0.05, 0.1) is 4.90 Å². The zero-order valence-electron chi connectivity index (χ0n) is 22.2. The molecule has 0 bridgehead atoms. The van der Waals surface area contributed by atoms with E-state index in [2.05, 4.69) is 51.1 Å². The van der Waals surface area contributed by atoms with Gasteiger partial charge in [-0.3, -0.25) is 0 Å². The van der Waals surface area contributed by atoms with Crippen LogP contribution in [0.25, 0.3) is 10.8 Å². The van der Waals surface area contributed by atoms with E-state index in [1.54, 1.807) is 12.1 Å². The predicted molar refractivity (Wildman–Crippen MR) is 151 cm³/mol. The fourth-order valence-corrected chi connectivity index (χ4v) is 6.03. The molecule has 1 aliphatic carbocycles. The highest BCUT2D eigenvalue weighted by Crippen LogP contribution is 2.29. The van der Waals surface area contributed by atoms with E-state index in [0.717, 1.165) is 49.5 Å². The lowest BCUT2D eigenvalue weighted by Crippen LogP contribution is -2.32. The molecule has 2 aromatic carbocycles. The molecular weight excluding hydrogens is 486 g/mol. The lowest BCUT2D eigenvalue weighted by atomic mass is 9.82.